The Bertz CT molecular complexity index is 1110. The SMILES string of the molecule is CC12CCC(C(=O)Nc3cccc([N+](=O)[O-])c3)(C(=O)/C1=N\Nc1ccccc1)C2(C)C. The number of hydrazone groups is 1. The second-order valence-electron chi connectivity index (χ2n) is 8.89. The lowest BCUT2D eigenvalue weighted by molar-refractivity contribution is -0.384. The minimum atomic E-state index is -1.29. The van der Waals surface area contributed by atoms with Crippen molar-refractivity contribution in [3.05, 3.63) is 64.7 Å². The first kappa shape index (κ1) is 20.7. The fraction of sp³-hybridized carbons (Fsp3) is 0.348. The molecule has 2 aromatic rings. The number of ketones is 1. The Morgan fingerprint density at radius 2 is 1.71 bits per heavy atom. The summed E-state index contributed by atoms with van der Waals surface area (Å²) in [6.07, 6.45) is 1.05. The molecule has 8 heteroatoms. The van der Waals surface area contributed by atoms with Crippen molar-refractivity contribution in [1.82, 2.24) is 0 Å². The summed E-state index contributed by atoms with van der Waals surface area (Å²) in [5.41, 5.74) is 1.68. The number of carbonyl (C=O) groups is 2. The number of nitro groups is 1. The zero-order valence-electron chi connectivity index (χ0n) is 17.6. The number of non-ortho nitro benzene ring substituents is 1. The minimum absolute atomic E-state index is 0.127. The van der Waals surface area contributed by atoms with E-state index >= 15 is 0 Å². The van der Waals surface area contributed by atoms with E-state index in [-0.39, 0.29) is 11.5 Å². The van der Waals surface area contributed by atoms with E-state index < -0.39 is 27.1 Å². The van der Waals surface area contributed by atoms with E-state index in [1.165, 1.54) is 18.2 Å². The van der Waals surface area contributed by atoms with Crippen molar-refractivity contribution in [2.24, 2.45) is 21.3 Å². The van der Waals surface area contributed by atoms with Gasteiger partial charge in [-0.3, -0.25) is 25.1 Å². The first-order chi connectivity index (χ1) is 14.6. The number of carbonyl (C=O) groups excluding carboxylic acids is 2. The number of fused-ring (bicyclic) bond motifs is 2. The van der Waals surface area contributed by atoms with Crippen LogP contribution < -0.4 is 10.7 Å². The predicted molar refractivity (Wildman–Crippen MR) is 118 cm³/mol. The van der Waals surface area contributed by atoms with Gasteiger partial charge in [0.05, 0.1) is 10.6 Å². The molecule has 160 valence electrons. The lowest BCUT2D eigenvalue weighted by Crippen LogP contribution is -2.47. The third-order valence-electron chi connectivity index (χ3n) is 7.34. The average Bonchev–Trinajstić information content (AvgIpc) is 3.02. The van der Waals surface area contributed by atoms with Gasteiger partial charge in [0.25, 0.3) is 5.69 Å². The van der Waals surface area contributed by atoms with Gasteiger partial charge < -0.3 is 5.32 Å². The normalized spacial score (nSPS) is 27.3. The molecule has 0 aromatic heterocycles. The van der Waals surface area contributed by atoms with Crippen LogP contribution in [0, 0.1) is 26.4 Å². The Kier molecular flexibility index (Phi) is 4.68. The van der Waals surface area contributed by atoms with Crippen molar-refractivity contribution in [2.75, 3.05) is 10.7 Å². The summed E-state index contributed by atoms with van der Waals surface area (Å²) >= 11 is 0. The average molecular weight is 420 g/mol. The summed E-state index contributed by atoms with van der Waals surface area (Å²) in [6, 6.07) is 15.0. The van der Waals surface area contributed by atoms with E-state index in [9.17, 15) is 19.7 Å². The first-order valence-electron chi connectivity index (χ1n) is 10.1. The van der Waals surface area contributed by atoms with Gasteiger partial charge in [-0.05, 0) is 36.5 Å². The molecule has 2 aliphatic carbocycles. The van der Waals surface area contributed by atoms with Crippen molar-refractivity contribution in [3.8, 4) is 0 Å². The number of nitrogens with zero attached hydrogens (tertiary/aromatic N) is 2. The molecule has 0 saturated heterocycles. The molecular formula is C23H24N4O4. The number of para-hydroxylation sites is 1. The number of hydrogen-bond acceptors (Lipinski definition) is 6. The van der Waals surface area contributed by atoms with Gasteiger partial charge >= 0.3 is 0 Å². The molecule has 2 fully saturated rings. The number of benzene rings is 2. The highest BCUT2D eigenvalue weighted by Crippen LogP contribution is 2.69. The number of rotatable bonds is 5. The maximum absolute atomic E-state index is 13.6. The number of anilines is 2. The van der Waals surface area contributed by atoms with Crippen molar-refractivity contribution in [3.63, 3.8) is 0 Å². The molecule has 2 saturated carbocycles. The molecule has 2 aromatic carbocycles. The molecule has 1 amide bonds. The summed E-state index contributed by atoms with van der Waals surface area (Å²) in [6.45, 7) is 5.83. The molecule has 2 atom stereocenters. The van der Waals surface area contributed by atoms with Crippen LogP contribution in [0.3, 0.4) is 0 Å². The van der Waals surface area contributed by atoms with E-state index in [0.29, 0.717) is 24.2 Å². The highest BCUT2D eigenvalue weighted by molar-refractivity contribution is 6.51. The Morgan fingerprint density at radius 1 is 1.03 bits per heavy atom. The molecular weight excluding hydrogens is 396 g/mol. The third-order valence-corrected chi connectivity index (χ3v) is 7.34. The third kappa shape index (κ3) is 2.85. The van der Waals surface area contributed by atoms with Gasteiger partial charge in [0.15, 0.2) is 5.78 Å². The summed E-state index contributed by atoms with van der Waals surface area (Å²) in [5.74, 6) is -0.741. The topological polar surface area (TPSA) is 114 Å². The fourth-order valence-electron chi connectivity index (χ4n) is 5.04. The second-order valence-corrected chi connectivity index (χ2v) is 8.89. The number of amides is 1. The van der Waals surface area contributed by atoms with Crippen molar-refractivity contribution in [2.45, 2.75) is 33.6 Å². The summed E-state index contributed by atoms with van der Waals surface area (Å²) in [7, 11) is 0. The highest BCUT2D eigenvalue weighted by atomic mass is 16.6. The van der Waals surface area contributed by atoms with Crippen LogP contribution in [0.15, 0.2) is 59.7 Å². The monoisotopic (exact) mass is 420 g/mol. The van der Waals surface area contributed by atoms with Crippen molar-refractivity contribution in [1.29, 1.82) is 0 Å². The van der Waals surface area contributed by atoms with Crippen LogP contribution in [0.1, 0.15) is 33.6 Å². The fourth-order valence-corrected chi connectivity index (χ4v) is 5.04. The zero-order valence-corrected chi connectivity index (χ0v) is 17.6. The maximum atomic E-state index is 13.6. The largest absolute Gasteiger partial charge is 0.325 e. The maximum Gasteiger partial charge on any atom is 0.271 e. The Balaban J connectivity index is 1.68. The van der Waals surface area contributed by atoms with Crippen LogP contribution in [0.2, 0.25) is 0 Å². The molecule has 31 heavy (non-hydrogen) atoms. The summed E-state index contributed by atoms with van der Waals surface area (Å²) in [4.78, 5) is 37.6. The van der Waals surface area contributed by atoms with Gasteiger partial charge in [-0.2, -0.15) is 5.10 Å². The number of Topliss-reactive ketones (excluding diaryl/α,β-unsaturated/α-hetero) is 1. The van der Waals surface area contributed by atoms with Gasteiger partial charge in [0.2, 0.25) is 5.91 Å². The van der Waals surface area contributed by atoms with Crippen LogP contribution in [0.25, 0.3) is 0 Å². The standard InChI is InChI=1S/C23H24N4O4/c1-21(2)22(3)12-13-23(21,19(28)18(22)26-25-15-8-5-4-6-9-15)20(29)24-16-10-7-11-17(14-16)27(30)31/h4-11,14,25H,12-13H2,1-3H3,(H,24,29)/b26-18+. The van der Waals surface area contributed by atoms with Gasteiger partial charge in [0.1, 0.15) is 11.1 Å². The first-order valence-corrected chi connectivity index (χ1v) is 10.1. The quantitative estimate of drug-likeness (QED) is 0.423. The minimum Gasteiger partial charge on any atom is -0.325 e. The van der Waals surface area contributed by atoms with Crippen LogP contribution in [0.4, 0.5) is 17.1 Å². The molecule has 2 bridgehead atoms. The Labute approximate surface area is 179 Å². The predicted octanol–water partition coefficient (Wildman–Crippen LogP) is 4.40. The molecule has 2 N–H and O–H groups in total. The van der Waals surface area contributed by atoms with Crippen LogP contribution in [-0.4, -0.2) is 22.3 Å². The lowest BCUT2D eigenvalue weighted by Gasteiger charge is -2.37. The van der Waals surface area contributed by atoms with E-state index in [1.807, 2.05) is 51.1 Å². The molecule has 0 aliphatic heterocycles. The van der Waals surface area contributed by atoms with Gasteiger partial charge in [-0.25, -0.2) is 0 Å². The Hall–Kier alpha value is -3.55. The van der Waals surface area contributed by atoms with Gasteiger partial charge in [-0.1, -0.05) is 45.0 Å². The van der Waals surface area contributed by atoms with Gasteiger partial charge in [-0.15, -0.1) is 0 Å². The van der Waals surface area contributed by atoms with E-state index in [4.69, 9.17) is 0 Å². The molecule has 2 aliphatic rings. The van der Waals surface area contributed by atoms with Crippen LogP contribution >= 0.6 is 0 Å². The van der Waals surface area contributed by atoms with Crippen molar-refractivity contribution < 1.29 is 14.5 Å². The molecule has 0 radical (unpaired) electrons. The number of nitro benzene ring substituents is 1. The number of nitrogens with one attached hydrogen (secondary N) is 2. The van der Waals surface area contributed by atoms with E-state index in [2.05, 4.69) is 15.8 Å². The summed E-state index contributed by atoms with van der Waals surface area (Å²) < 4.78 is 0. The molecule has 2 unspecified atom stereocenters. The van der Waals surface area contributed by atoms with E-state index in [1.54, 1.807) is 6.07 Å². The lowest BCUT2D eigenvalue weighted by atomic mass is 9.64. The Morgan fingerprint density at radius 3 is 2.39 bits per heavy atom. The van der Waals surface area contributed by atoms with Crippen LogP contribution in [0.5, 0.6) is 0 Å². The van der Waals surface area contributed by atoms with Crippen molar-refractivity contribution >= 4 is 34.5 Å². The summed E-state index contributed by atoms with van der Waals surface area (Å²) in [5, 5.41) is 18.3. The molecule has 4 rings (SSSR count). The van der Waals surface area contributed by atoms with Crippen LogP contribution in [-0.2, 0) is 9.59 Å². The molecule has 0 spiro atoms. The highest BCUT2D eigenvalue weighted by Gasteiger charge is 2.76. The smallest absolute Gasteiger partial charge is 0.271 e. The second kappa shape index (κ2) is 7.01. The number of hydrogen-bond donors (Lipinski definition) is 2. The van der Waals surface area contributed by atoms with E-state index in [0.717, 1.165) is 5.69 Å². The molecule has 0 heterocycles. The molecule has 8 nitrogen and oxygen atoms in total. The van der Waals surface area contributed by atoms with Gasteiger partial charge in [0, 0.05) is 23.2 Å². The zero-order chi connectivity index (χ0) is 22.4.